The van der Waals surface area contributed by atoms with Crippen LogP contribution in [0.5, 0.6) is 0 Å². The first kappa shape index (κ1) is 26.2. The van der Waals surface area contributed by atoms with Crippen LogP contribution in [0.25, 0.3) is 0 Å². The minimum atomic E-state index is -3.43. The second-order valence-electron chi connectivity index (χ2n) is 9.23. The minimum absolute atomic E-state index is 0.0292. The van der Waals surface area contributed by atoms with Gasteiger partial charge in [-0.1, -0.05) is 17.7 Å². The van der Waals surface area contributed by atoms with Crippen LogP contribution >= 0.6 is 22.9 Å². The van der Waals surface area contributed by atoms with Gasteiger partial charge < -0.3 is 15.7 Å². The number of carboxylic acid groups (broad SMARTS) is 1. The monoisotopic (exact) mass is 571 g/mol. The number of rotatable bonds is 7. The molecule has 4 N–H and O–H groups in total. The van der Waals surface area contributed by atoms with E-state index >= 15 is 0 Å². The number of hydrogen-bond acceptors (Lipinski definition) is 8. The van der Waals surface area contributed by atoms with Crippen molar-refractivity contribution in [1.29, 1.82) is 0 Å². The zero-order valence-electron chi connectivity index (χ0n) is 19.4. The molecule has 198 valence electrons. The maximum Gasteiger partial charge on any atom is 0.335 e. The summed E-state index contributed by atoms with van der Waals surface area (Å²) >= 11 is 7.42. The van der Waals surface area contributed by atoms with Crippen LogP contribution in [-0.4, -0.2) is 54.7 Å². The van der Waals surface area contributed by atoms with Crippen molar-refractivity contribution in [3.63, 3.8) is 0 Å². The first-order chi connectivity index (χ1) is 17.7. The lowest BCUT2D eigenvalue weighted by molar-refractivity contribution is -0.133. The topological polar surface area (TPSA) is 133 Å². The molecule has 3 heterocycles. The van der Waals surface area contributed by atoms with Crippen LogP contribution in [0.4, 0.5) is 8.78 Å². The van der Waals surface area contributed by atoms with Crippen molar-refractivity contribution in [3.8, 4) is 0 Å². The number of carboxylic acids is 1. The molecule has 5 rings (SSSR count). The average molecular weight is 572 g/mol. The van der Waals surface area contributed by atoms with Gasteiger partial charge in [-0.3, -0.25) is 4.99 Å². The summed E-state index contributed by atoms with van der Waals surface area (Å²) < 4.78 is 56.0. The first-order valence-electron chi connectivity index (χ1n) is 11.7. The lowest BCUT2D eigenvalue weighted by Gasteiger charge is -2.36. The summed E-state index contributed by atoms with van der Waals surface area (Å²) in [4.78, 5) is 21.3. The summed E-state index contributed by atoms with van der Waals surface area (Å²) in [7, 11) is -3.43. The van der Waals surface area contributed by atoms with Crippen LogP contribution in [-0.2, 0) is 14.8 Å². The second-order valence-corrected chi connectivity index (χ2v) is 12.5. The van der Waals surface area contributed by atoms with Gasteiger partial charge in [0.25, 0.3) is 0 Å². The van der Waals surface area contributed by atoms with Crippen LogP contribution in [0.1, 0.15) is 42.3 Å². The van der Waals surface area contributed by atoms with Gasteiger partial charge in [-0.15, -0.1) is 11.3 Å². The van der Waals surface area contributed by atoms with Crippen LogP contribution in [0.15, 0.2) is 40.0 Å². The highest BCUT2D eigenvalue weighted by Crippen LogP contribution is 2.41. The lowest BCUT2D eigenvalue weighted by atomic mass is 9.80. The highest BCUT2D eigenvalue weighted by molar-refractivity contribution is 7.90. The zero-order chi connectivity index (χ0) is 26.3. The predicted octanol–water partition coefficient (Wildman–Crippen LogP) is 2.95. The molecule has 0 radical (unpaired) electrons. The maximum atomic E-state index is 14.4. The molecule has 1 aliphatic carbocycles. The Morgan fingerprint density at radius 2 is 1.92 bits per heavy atom. The number of halogens is 3. The molecule has 1 aromatic heterocycles. The SMILES string of the molecule is O=C(O)C1=C(C2CCC(NS(=O)(=O)C3CNC3)CC2)NC(c2nccs2)=NC1c1ccc(F)c(F)c1Cl. The normalized spacial score (nSPS) is 24.8. The summed E-state index contributed by atoms with van der Waals surface area (Å²) in [6, 6.07) is 0.687. The van der Waals surface area contributed by atoms with Crippen LogP contribution in [0, 0.1) is 17.6 Å². The van der Waals surface area contributed by atoms with Crippen molar-refractivity contribution in [2.75, 3.05) is 13.1 Å². The molecule has 1 saturated carbocycles. The largest absolute Gasteiger partial charge is 0.478 e. The number of nitrogens with zero attached hydrogens (tertiary/aromatic N) is 2. The van der Waals surface area contributed by atoms with E-state index in [1.807, 2.05) is 0 Å². The third-order valence-corrected chi connectivity index (χ3v) is 9.99. The van der Waals surface area contributed by atoms with Gasteiger partial charge in [0, 0.05) is 42.0 Å². The van der Waals surface area contributed by atoms with Crippen LogP contribution in [0.3, 0.4) is 0 Å². The summed E-state index contributed by atoms with van der Waals surface area (Å²) in [5.74, 6) is -3.64. The molecule has 3 aliphatic rings. The molecule has 1 atom stereocenters. The number of aromatic nitrogens is 1. The standard InChI is InChI=1S/C23H24ClF2N5O4S2/c24-17-14(5-6-15(25)18(17)26)20-16(23(32)33)19(29-21(30-20)22-28-7-8-36-22)11-1-3-12(4-2-11)31-37(34,35)13-9-27-10-13/h5-8,11-13,20,27,31H,1-4,9-10H2,(H,29,30)(H,32,33). The second kappa shape index (κ2) is 10.4. The number of nitrogens with one attached hydrogen (secondary N) is 3. The van der Waals surface area contributed by atoms with E-state index in [1.165, 1.54) is 17.4 Å². The van der Waals surface area contributed by atoms with Crippen molar-refractivity contribution >= 4 is 44.8 Å². The van der Waals surface area contributed by atoms with Gasteiger partial charge in [-0.25, -0.2) is 31.7 Å². The van der Waals surface area contributed by atoms with E-state index in [0.717, 1.165) is 6.07 Å². The third kappa shape index (κ3) is 5.15. The lowest BCUT2D eigenvalue weighted by Crippen LogP contribution is -2.56. The fourth-order valence-corrected chi connectivity index (χ4v) is 7.27. The Morgan fingerprint density at radius 3 is 2.51 bits per heavy atom. The number of amidine groups is 1. The summed E-state index contributed by atoms with van der Waals surface area (Å²) in [6.07, 6.45) is 3.64. The minimum Gasteiger partial charge on any atom is -0.478 e. The first-order valence-corrected chi connectivity index (χ1v) is 14.5. The Kier molecular flexibility index (Phi) is 7.33. The third-order valence-electron chi connectivity index (χ3n) is 6.95. The number of hydrogen-bond donors (Lipinski definition) is 4. The Bertz CT molecular complexity index is 1370. The predicted molar refractivity (Wildman–Crippen MR) is 135 cm³/mol. The molecule has 1 unspecified atom stereocenters. The van der Waals surface area contributed by atoms with Crippen molar-refractivity contribution in [3.05, 3.63) is 62.2 Å². The van der Waals surface area contributed by atoms with E-state index < -0.39 is 43.9 Å². The maximum absolute atomic E-state index is 14.4. The number of carbonyl (C=O) groups is 1. The Labute approximate surface area is 221 Å². The number of allylic oxidation sites excluding steroid dienone is 1. The summed E-state index contributed by atoms with van der Waals surface area (Å²) in [5.41, 5.74) is 0.308. The highest BCUT2D eigenvalue weighted by Gasteiger charge is 2.39. The molecule has 0 bridgehead atoms. The molecule has 2 fully saturated rings. The fourth-order valence-electron chi connectivity index (χ4n) is 4.86. The molecule has 2 aliphatic heterocycles. The van der Waals surface area contributed by atoms with E-state index in [2.05, 4.69) is 25.3 Å². The molecule has 0 spiro atoms. The van der Waals surface area contributed by atoms with Crippen molar-refractivity contribution in [2.45, 2.75) is 43.0 Å². The van der Waals surface area contributed by atoms with Crippen LogP contribution < -0.4 is 15.4 Å². The van der Waals surface area contributed by atoms with Gasteiger partial charge in [0.15, 0.2) is 22.5 Å². The number of aliphatic imine (C=N–C) groups is 1. The number of aliphatic carboxylic acids is 1. The Morgan fingerprint density at radius 1 is 1.19 bits per heavy atom. The van der Waals surface area contributed by atoms with E-state index in [-0.39, 0.29) is 23.1 Å². The number of benzene rings is 1. The molecule has 1 saturated heterocycles. The fraction of sp³-hybridized carbons (Fsp3) is 0.435. The van der Waals surface area contributed by atoms with Gasteiger partial charge in [-0.05, 0) is 37.7 Å². The number of thiazole rings is 1. The molecule has 0 amide bonds. The van der Waals surface area contributed by atoms with Crippen molar-refractivity contribution in [1.82, 2.24) is 20.3 Å². The van der Waals surface area contributed by atoms with E-state index in [1.54, 1.807) is 11.6 Å². The van der Waals surface area contributed by atoms with Gasteiger partial charge >= 0.3 is 5.97 Å². The molecule has 14 heteroatoms. The molecule has 1 aromatic carbocycles. The van der Waals surface area contributed by atoms with Gasteiger partial charge in [0.05, 0.1) is 10.6 Å². The molecular formula is C23H24ClF2N5O4S2. The summed E-state index contributed by atoms with van der Waals surface area (Å²) in [5, 5.41) is 17.6. The summed E-state index contributed by atoms with van der Waals surface area (Å²) in [6.45, 7) is 0.854. The molecule has 37 heavy (non-hydrogen) atoms. The Hall–Kier alpha value is -2.45. The number of sulfonamides is 1. The van der Waals surface area contributed by atoms with Crippen LogP contribution in [0.2, 0.25) is 5.02 Å². The van der Waals surface area contributed by atoms with Gasteiger partial charge in [-0.2, -0.15) is 0 Å². The van der Waals surface area contributed by atoms with Crippen molar-refractivity contribution in [2.24, 2.45) is 10.9 Å². The van der Waals surface area contributed by atoms with Gasteiger partial charge in [0.1, 0.15) is 11.3 Å². The van der Waals surface area contributed by atoms with E-state index in [9.17, 15) is 27.1 Å². The molecule has 9 nitrogen and oxygen atoms in total. The molecule has 2 aromatic rings. The van der Waals surface area contributed by atoms with E-state index in [0.29, 0.717) is 55.3 Å². The smallest absolute Gasteiger partial charge is 0.335 e. The highest BCUT2D eigenvalue weighted by atomic mass is 35.5. The van der Waals surface area contributed by atoms with Gasteiger partial charge in [0.2, 0.25) is 10.0 Å². The van der Waals surface area contributed by atoms with Crippen molar-refractivity contribution < 1.29 is 27.1 Å². The molecular weight excluding hydrogens is 548 g/mol. The average Bonchev–Trinajstić information content (AvgIpc) is 3.36. The quantitative estimate of drug-likeness (QED) is 0.376. The Balaban J connectivity index is 1.47. The zero-order valence-corrected chi connectivity index (χ0v) is 21.8. The van der Waals surface area contributed by atoms with E-state index in [4.69, 9.17) is 11.6 Å².